The Morgan fingerprint density at radius 3 is 2.58 bits per heavy atom. The molecule has 16 heteroatoms. The molecule has 4 amide bonds. The lowest BCUT2D eigenvalue weighted by Gasteiger charge is -2.45. The number of fused-ring (bicyclic) bond motifs is 6. The normalized spacial score (nSPS) is 20.8. The molecule has 334 valence electrons. The molecule has 3 aliphatic heterocycles. The molecule has 0 aliphatic carbocycles. The first kappa shape index (κ1) is 45.1. The first-order valence-electron chi connectivity index (χ1n) is 21.8. The Balaban J connectivity index is 1.28. The number of hydrazine groups is 1. The fraction of sp³-hybridized carbons (Fsp3) is 0.565. The first-order valence-corrected chi connectivity index (χ1v) is 22.7. The molecule has 7 rings (SSSR count). The molecular formula is C46H63N9O6S. The van der Waals surface area contributed by atoms with Crippen molar-refractivity contribution in [2.24, 2.45) is 11.3 Å². The number of aromatic nitrogens is 3. The number of thiazole rings is 1. The van der Waals surface area contributed by atoms with Crippen LogP contribution in [0.1, 0.15) is 76.8 Å². The third-order valence-corrected chi connectivity index (χ3v) is 13.5. The Morgan fingerprint density at radius 2 is 1.89 bits per heavy atom. The summed E-state index contributed by atoms with van der Waals surface area (Å²) in [6.07, 6.45) is 3.31. The Kier molecular flexibility index (Phi) is 13.4. The number of likely N-dealkylation sites (tertiary alicyclic amines) is 1. The molecule has 2 fully saturated rings. The van der Waals surface area contributed by atoms with Crippen LogP contribution in [0, 0.1) is 11.3 Å². The molecule has 6 heterocycles. The molecule has 0 radical (unpaired) electrons. The van der Waals surface area contributed by atoms with E-state index < -0.39 is 35.4 Å². The van der Waals surface area contributed by atoms with Gasteiger partial charge in [0.05, 0.1) is 34.8 Å². The van der Waals surface area contributed by atoms with Gasteiger partial charge in [-0.05, 0) is 83.0 Å². The number of hydrogen-bond donors (Lipinski definition) is 2. The van der Waals surface area contributed by atoms with E-state index in [1.54, 1.807) is 25.3 Å². The number of likely N-dealkylation sites (N-methyl/N-ethyl adjacent to an activating group) is 2. The lowest BCUT2D eigenvalue weighted by molar-refractivity contribution is -0.155. The lowest BCUT2D eigenvalue weighted by Crippen LogP contribution is -2.65. The number of hydrogen-bond acceptors (Lipinski definition) is 11. The summed E-state index contributed by atoms with van der Waals surface area (Å²) in [6, 6.07) is 7.86. The number of esters is 1. The summed E-state index contributed by atoms with van der Waals surface area (Å²) in [6.45, 7) is 14.5. The van der Waals surface area contributed by atoms with Gasteiger partial charge in [-0.1, -0.05) is 33.8 Å². The standard InChI is InChI=1S/C46H63N9O6S/c1-11-54-37-17-16-29-20-32(37)33(41(54)31-14-12-18-47-39(31)28(4)60-10)22-46(5,6)26-61-44(58)34-15-13-19-55(50-34)43(57)35(21-38-48-36(29)25-62-38)49-42(56)40(27(2)3)52(9)45(59)53-23-30(24-53)51(7)8/h12,14,16-18,20,25,27-28,30,34-35,40,50H,11,13,15,19,21-24,26H2,1-10H3,(H,49,56)/t28-,34-,35-,40?/m0/s1. The van der Waals surface area contributed by atoms with Crippen LogP contribution in [-0.2, 0) is 43.2 Å². The van der Waals surface area contributed by atoms with Crippen LogP contribution in [0.15, 0.2) is 41.9 Å². The zero-order valence-electron chi connectivity index (χ0n) is 37.9. The van der Waals surface area contributed by atoms with Gasteiger partial charge in [-0.2, -0.15) is 0 Å². The zero-order valence-corrected chi connectivity index (χ0v) is 38.7. The van der Waals surface area contributed by atoms with Crippen molar-refractivity contribution in [1.82, 2.24) is 45.0 Å². The van der Waals surface area contributed by atoms with Crippen LogP contribution in [0.5, 0.6) is 0 Å². The van der Waals surface area contributed by atoms with Gasteiger partial charge in [0.15, 0.2) is 0 Å². The number of cyclic esters (lactones) is 1. The van der Waals surface area contributed by atoms with Crippen LogP contribution in [0.3, 0.4) is 0 Å². The summed E-state index contributed by atoms with van der Waals surface area (Å²) in [5.74, 6) is -1.51. The highest BCUT2D eigenvalue weighted by atomic mass is 32.1. The van der Waals surface area contributed by atoms with Gasteiger partial charge in [-0.15, -0.1) is 11.3 Å². The van der Waals surface area contributed by atoms with E-state index >= 15 is 0 Å². The molecule has 15 nitrogen and oxygen atoms in total. The van der Waals surface area contributed by atoms with E-state index in [2.05, 4.69) is 65.2 Å². The molecule has 0 saturated carbocycles. The van der Waals surface area contributed by atoms with Crippen LogP contribution in [0.25, 0.3) is 33.4 Å². The number of nitrogens with zero attached hydrogens (tertiary/aromatic N) is 7. The highest BCUT2D eigenvalue weighted by Crippen LogP contribution is 2.42. The summed E-state index contributed by atoms with van der Waals surface area (Å²) < 4.78 is 14.2. The largest absolute Gasteiger partial charge is 0.464 e. The molecule has 6 bridgehead atoms. The van der Waals surface area contributed by atoms with Gasteiger partial charge >= 0.3 is 12.0 Å². The minimum atomic E-state index is -1.04. The summed E-state index contributed by atoms with van der Waals surface area (Å²) >= 11 is 1.43. The number of aryl methyl sites for hydroxylation is 1. The summed E-state index contributed by atoms with van der Waals surface area (Å²) in [5.41, 5.74) is 9.39. The maximum absolute atomic E-state index is 14.5. The van der Waals surface area contributed by atoms with Gasteiger partial charge in [0, 0.05) is 91.8 Å². The Morgan fingerprint density at radius 1 is 1.13 bits per heavy atom. The number of carbonyl (C=O) groups excluding carboxylic acids is 4. The summed E-state index contributed by atoms with van der Waals surface area (Å²) in [4.78, 5) is 71.5. The van der Waals surface area contributed by atoms with E-state index in [-0.39, 0.29) is 43.0 Å². The smallest absolute Gasteiger partial charge is 0.324 e. The maximum Gasteiger partial charge on any atom is 0.324 e. The van der Waals surface area contributed by atoms with Crippen molar-refractivity contribution < 1.29 is 28.7 Å². The molecule has 3 aromatic heterocycles. The van der Waals surface area contributed by atoms with Crippen LogP contribution < -0.4 is 10.7 Å². The third kappa shape index (κ3) is 9.10. The van der Waals surface area contributed by atoms with Crippen LogP contribution in [-0.4, -0.2) is 137 Å². The monoisotopic (exact) mass is 869 g/mol. The quantitative estimate of drug-likeness (QED) is 0.206. The SMILES string of the molecule is CCn1c(-c2cccnc2[C@H](C)OC)c2c3cc(ccc31)-c1csc(n1)C[C@H](NC(=O)C(C(C)C)N(C)C(=O)N1CC(N(C)C)C1)C(=O)N1CCC[C@H](N1)C(=O)OCC(C)(C)C2. The molecule has 62 heavy (non-hydrogen) atoms. The number of urea groups is 1. The second kappa shape index (κ2) is 18.4. The molecule has 1 unspecified atom stereocenters. The van der Waals surface area contributed by atoms with Gasteiger partial charge < -0.3 is 34.1 Å². The second-order valence-corrected chi connectivity index (χ2v) is 19.3. The average molecular weight is 870 g/mol. The number of benzene rings is 1. The minimum absolute atomic E-state index is 0.112. The predicted molar refractivity (Wildman–Crippen MR) is 240 cm³/mol. The molecule has 4 aromatic rings. The third-order valence-electron chi connectivity index (χ3n) is 12.6. The van der Waals surface area contributed by atoms with Crippen molar-refractivity contribution in [2.45, 2.75) is 104 Å². The van der Waals surface area contributed by atoms with E-state index in [1.807, 2.05) is 46.3 Å². The fourth-order valence-corrected chi connectivity index (χ4v) is 9.88. The van der Waals surface area contributed by atoms with Crippen molar-refractivity contribution in [2.75, 3.05) is 54.5 Å². The Labute approximate surface area is 369 Å². The van der Waals surface area contributed by atoms with E-state index in [1.165, 1.54) is 21.2 Å². The van der Waals surface area contributed by atoms with Crippen molar-refractivity contribution in [3.63, 3.8) is 0 Å². The average Bonchev–Trinajstić information content (AvgIpc) is 3.82. The molecule has 2 N–H and O–H groups in total. The number of amides is 4. The highest BCUT2D eigenvalue weighted by Gasteiger charge is 2.41. The number of methoxy groups -OCH3 is 1. The predicted octanol–water partition coefficient (Wildman–Crippen LogP) is 5.52. The Hall–Kier alpha value is -4.90. The summed E-state index contributed by atoms with van der Waals surface area (Å²) in [5, 5.41) is 8.20. The van der Waals surface area contributed by atoms with E-state index in [0.29, 0.717) is 50.4 Å². The molecule has 1 aromatic carbocycles. The molecule has 0 spiro atoms. The van der Waals surface area contributed by atoms with Crippen LogP contribution >= 0.6 is 11.3 Å². The van der Waals surface area contributed by atoms with E-state index in [9.17, 15) is 19.2 Å². The lowest BCUT2D eigenvalue weighted by atomic mass is 9.84. The first-order chi connectivity index (χ1) is 29.5. The number of nitrogens with one attached hydrogen (secondary N) is 2. The highest BCUT2D eigenvalue weighted by molar-refractivity contribution is 7.10. The fourth-order valence-electron chi connectivity index (χ4n) is 9.03. The number of pyridine rings is 1. The van der Waals surface area contributed by atoms with Crippen molar-refractivity contribution in [3.8, 4) is 22.5 Å². The maximum atomic E-state index is 14.5. The summed E-state index contributed by atoms with van der Waals surface area (Å²) in [7, 11) is 7.31. The molecule has 3 aliphatic rings. The second-order valence-electron chi connectivity index (χ2n) is 18.4. The van der Waals surface area contributed by atoms with Crippen LogP contribution in [0.4, 0.5) is 4.79 Å². The van der Waals surface area contributed by atoms with E-state index in [0.717, 1.165) is 44.7 Å². The number of ether oxygens (including phenoxy) is 2. The van der Waals surface area contributed by atoms with Crippen LogP contribution in [0.2, 0.25) is 0 Å². The van der Waals surface area contributed by atoms with Gasteiger partial charge in [0.25, 0.3) is 5.91 Å². The number of rotatable bonds is 9. The number of carbonyl (C=O) groups is 4. The molecular weight excluding hydrogens is 807 g/mol. The molecule has 2 saturated heterocycles. The Bertz CT molecular complexity index is 2300. The topological polar surface area (TPSA) is 154 Å². The van der Waals surface area contributed by atoms with Gasteiger partial charge in [-0.3, -0.25) is 24.4 Å². The van der Waals surface area contributed by atoms with Gasteiger partial charge in [0.1, 0.15) is 18.1 Å². The van der Waals surface area contributed by atoms with Crippen molar-refractivity contribution in [1.29, 1.82) is 0 Å². The van der Waals surface area contributed by atoms with Gasteiger partial charge in [0.2, 0.25) is 5.91 Å². The zero-order chi connectivity index (χ0) is 44.6. The molecule has 4 atom stereocenters. The minimum Gasteiger partial charge on any atom is -0.464 e. The van der Waals surface area contributed by atoms with Crippen molar-refractivity contribution >= 4 is 46.1 Å². The van der Waals surface area contributed by atoms with Gasteiger partial charge in [-0.25, -0.2) is 15.2 Å². The van der Waals surface area contributed by atoms with E-state index in [4.69, 9.17) is 19.4 Å². The van der Waals surface area contributed by atoms with Crippen molar-refractivity contribution in [3.05, 3.63) is 58.2 Å².